The van der Waals surface area contributed by atoms with Gasteiger partial charge in [-0.1, -0.05) is 64.7 Å². The Balaban J connectivity index is 3.75. The molecule has 8 heteroatoms. The summed E-state index contributed by atoms with van der Waals surface area (Å²) in [5.41, 5.74) is 4.89. The van der Waals surface area contributed by atoms with Gasteiger partial charge in [-0.05, 0) is 6.42 Å². The summed E-state index contributed by atoms with van der Waals surface area (Å²) in [5.74, 6) is -1.83. The standard InChI is InChI=1S/C16H32N2O5S/c1-2-3-4-5-6-7-8-9-10-11-12-18-16(20)14(13-15(17)19)24(21,22)23/h14H,2-13H2,1H3,(H2,17,19)(H,18,20)(H,21,22,23). The highest BCUT2D eigenvalue weighted by Gasteiger charge is 2.32. The van der Waals surface area contributed by atoms with Crippen molar-refractivity contribution in [1.82, 2.24) is 5.32 Å². The van der Waals surface area contributed by atoms with E-state index in [1.807, 2.05) is 0 Å². The SMILES string of the molecule is CCCCCCCCCCCCNC(=O)C(CC(N)=O)S(=O)(=O)O. The maximum absolute atomic E-state index is 11.7. The quantitative estimate of drug-likeness (QED) is 0.303. The molecular formula is C16H32N2O5S. The van der Waals surface area contributed by atoms with E-state index < -0.39 is 33.6 Å². The Bertz CT molecular complexity index is 465. The summed E-state index contributed by atoms with van der Waals surface area (Å²) in [5, 5.41) is 0.613. The molecule has 0 aliphatic heterocycles. The molecule has 0 bridgehead atoms. The molecule has 0 aromatic rings. The molecule has 0 saturated heterocycles. The second kappa shape index (κ2) is 13.2. The van der Waals surface area contributed by atoms with Crippen LogP contribution in [0.1, 0.15) is 77.6 Å². The summed E-state index contributed by atoms with van der Waals surface area (Å²) in [4.78, 5) is 22.5. The fourth-order valence-electron chi connectivity index (χ4n) is 2.45. The average molecular weight is 365 g/mol. The third kappa shape index (κ3) is 12.3. The van der Waals surface area contributed by atoms with Gasteiger partial charge < -0.3 is 11.1 Å². The van der Waals surface area contributed by atoms with Crippen molar-refractivity contribution < 1.29 is 22.6 Å². The first-order valence-corrected chi connectivity index (χ1v) is 10.3. The van der Waals surface area contributed by atoms with E-state index >= 15 is 0 Å². The molecule has 2 amide bonds. The number of hydrogen-bond acceptors (Lipinski definition) is 4. The topological polar surface area (TPSA) is 127 Å². The Labute approximate surface area is 145 Å². The second-order valence-electron chi connectivity index (χ2n) is 6.15. The first-order valence-electron chi connectivity index (χ1n) is 8.81. The van der Waals surface area contributed by atoms with E-state index in [9.17, 15) is 18.0 Å². The van der Waals surface area contributed by atoms with Crippen molar-refractivity contribution >= 4 is 21.9 Å². The molecule has 0 radical (unpaired) electrons. The van der Waals surface area contributed by atoms with Crippen molar-refractivity contribution in [2.75, 3.05) is 6.54 Å². The minimum Gasteiger partial charge on any atom is -0.370 e. The van der Waals surface area contributed by atoms with Gasteiger partial charge in [-0.25, -0.2) is 0 Å². The van der Waals surface area contributed by atoms with Crippen LogP contribution in [0.5, 0.6) is 0 Å². The van der Waals surface area contributed by atoms with E-state index in [0.29, 0.717) is 6.54 Å². The average Bonchev–Trinajstić information content (AvgIpc) is 2.48. The lowest BCUT2D eigenvalue weighted by atomic mass is 10.1. The van der Waals surface area contributed by atoms with Gasteiger partial charge in [0.15, 0.2) is 5.25 Å². The molecule has 1 atom stereocenters. The number of hydrogen-bond donors (Lipinski definition) is 3. The molecule has 7 nitrogen and oxygen atoms in total. The van der Waals surface area contributed by atoms with Crippen molar-refractivity contribution in [3.63, 3.8) is 0 Å². The van der Waals surface area contributed by atoms with Crippen LogP contribution in [0.3, 0.4) is 0 Å². The van der Waals surface area contributed by atoms with Gasteiger partial charge in [-0.15, -0.1) is 0 Å². The minimum atomic E-state index is -4.64. The summed E-state index contributed by atoms with van der Waals surface area (Å²) >= 11 is 0. The van der Waals surface area contributed by atoms with Crippen LogP contribution in [0.4, 0.5) is 0 Å². The molecule has 24 heavy (non-hydrogen) atoms. The molecule has 4 N–H and O–H groups in total. The van der Waals surface area contributed by atoms with Gasteiger partial charge in [0.05, 0.1) is 6.42 Å². The highest BCUT2D eigenvalue weighted by Crippen LogP contribution is 2.10. The molecule has 0 saturated carbocycles. The third-order valence-corrected chi connectivity index (χ3v) is 4.97. The number of rotatable bonds is 15. The zero-order valence-corrected chi connectivity index (χ0v) is 15.4. The highest BCUT2D eigenvalue weighted by molar-refractivity contribution is 7.87. The molecule has 1 unspecified atom stereocenters. The van der Waals surface area contributed by atoms with E-state index in [4.69, 9.17) is 10.3 Å². The highest BCUT2D eigenvalue weighted by atomic mass is 32.2. The van der Waals surface area contributed by atoms with E-state index in [1.165, 1.54) is 38.5 Å². The largest absolute Gasteiger partial charge is 0.370 e. The van der Waals surface area contributed by atoms with Gasteiger partial charge in [-0.3, -0.25) is 14.1 Å². The van der Waals surface area contributed by atoms with Crippen LogP contribution < -0.4 is 11.1 Å². The normalized spacial score (nSPS) is 12.8. The van der Waals surface area contributed by atoms with Gasteiger partial charge in [-0.2, -0.15) is 8.42 Å². The van der Waals surface area contributed by atoms with E-state index in [0.717, 1.165) is 25.7 Å². The van der Waals surface area contributed by atoms with Crippen molar-refractivity contribution in [3.8, 4) is 0 Å². The lowest BCUT2D eigenvalue weighted by Gasteiger charge is -2.12. The van der Waals surface area contributed by atoms with Crippen LogP contribution in [-0.4, -0.2) is 36.6 Å². The third-order valence-electron chi connectivity index (χ3n) is 3.87. The zero-order chi connectivity index (χ0) is 18.4. The summed E-state index contributed by atoms with van der Waals surface area (Å²) in [6, 6.07) is 0. The Morgan fingerprint density at radius 2 is 1.42 bits per heavy atom. The van der Waals surface area contributed by atoms with E-state index in [1.54, 1.807) is 0 Å². The van der Waals surface area contributed by atoms with Crippen molar-refractivity contribution in [2.24, 2.45) is 5.73 Å². The number of primary amides is 1. The van der Waals surface area contributed by atoms with Crippen molar-refractivity contribution in [3.05, 3.63) is 0 Å². The lowest BCUT2D eigenvalue weighted by molar-refractivity contribution is -0.124. The predicted octanol–water partition coefficient (Wildman–Crippen LogP) is 2.16. The van der Waals surface area contributed by atoms with Gasteiger partial charge in [0.25, 0.3) is 10.1 Å². The summed E-state index contributed by atoms with van der Waals surface area (Å²) in [6.45, 7) is 2.52. The molecule has 0 rings (SSSR count). The zero-order valence-electron chi connectivity index (χ0n) is 14.6. The Kier molecular flexibility index (Phi) is 12.5. The smallest absolute Gasteiger partial charge is 0.277 e. The van der Waals surface area contributed by atoms with E-state index in [2.05, 4.69) is 12.2 Å². The lowest BCUT2D eigenvalue weighted by Crippen LogP contribution is -2.42. The summed E-state index contributed by atoms with van der Waals surface area (Å²) < 4.78 is 31.2. The molecule has 0 aromatic heterocycles. The molecule has 0 aliphatic rings. The molecule has 0 spiro atoms. The van der Waals surface area contributed by atoms with Crippen LogP contribution in [0.15, 0.2) is 0 Å². The van der Waals surface area contributed by atoms with Crippen molar-refractivity contribution in [1.29, 1.82) is 0 Å². The fraction of sp³-hybridized carbons (Fsp3) is 0.875. The number of unbranched alkanes of at least 4 members (excludes halogenated alkanes) is 9. The predicted molar refractivity (Wildman–Crippen MR) is 94.0 cm³/mol. The Morgan fingerprint density at radius 3 is 1.83 bits per heavy atom. The maximum atomic E-state index is 11.7. The van der Waals surface area contributed by atoms with Crippen molar-refractivity contribution in [2.45, 2.75) is 82.8 Å². The van der Waals surface area contributed by atoms with Gasteiger partial charge in [0.1, 0.15) is 0 Å². The number of nitrogens with one attached hydrogen (secondary N) is 1. The molecule has 0 aromatic carbocycles. The molecular weight excluding hydrogens is 332 g/mol. The Hall–Kier alpha value is -1.15. The monoisotopic (exact) mass is 364 g/mol. The molecule has 142 valence electrons. The number of amides is 2. The van der Waals surface area contributed by atoms with Gasteiger partial charge in [0.2, 0.25) is 11.8 Å². The number of carbonyl (C=O) groups excluding carboxylic acids is 2. The van der Waals surface area contributed by atoms with Crippen LogP contribution >= 0.6 is 0 Å². The number of carbonyl (C=O) groups is 2. The van der Waals surface area contributed by atoms with Crippen LogP contribution in [0.25, 0.3) is 0 Å². The van der Waals surface area contributed by atoms with Crippen LogP contribution in [0, 0.1) is 0 Å². The minimum absolute atomic E-state index is 0.320. The second-order valence-corrected chi connectivity index (χ2v) is 7.75. The number of nitrogens with two attached hydrogens (primary N) is 1. The van der Waals surface area contributed by atoms with Crippen LogP contribution in [-0.2, 0) is 19.7 Å². The Morgan fingerprint density at radius 1 is 0.958 bits per heavy atom. The van der Waals surface area contributed by atoms with Gasteiger partial charge in [0, 0.05) is 6.54 Å². The molecule has 0 fully saturated rings. The fourth-order valence-corrected chi connectivity index (χ4v) is 3.18. The summed E-state index contributed by atoms with van der Waals surface area (Å²) in [7, 11) is -4.64. The van der Waals surface area contributed by atoms with Gasteiger partial charge >= 0.3 is 0 Å². The first kappa shape index (κ1) is 22.9. The van der Waals surface area contributed by atoms with E-state index in [-0.39, 0.29) is 0 Å². The summed E-state index contributed by atoms with van der Waals surface area (Å²) in [6.07, 6.45) is 10.8. The first-order chi connectivity index (χ1) is 11.3. The van der Waals surface area contributed by atoms with Crippen LogP contribution in [0.2, 0.25) is 0 Å². The molecule has 0 aliphatic carbocycles. The molecule has 0 heterocycles. The maximum Gasteiger partial charge on any atom is 0.277 e.